The lowest BCUT2D eigenvalue weighted by molar-refractivity contribution is -0.117. The van der Waals surface area contributed by atoms with Crippen LogP contribution in [0, 0.1) is 18.7 Å². The van der Waals surface area contributed by atoms with Gasteiger partial charge >= 0.3 is 0 Å². The van der Waals surface area contributed by atoms with Gasteiger partial charge in [0, 0.05) is 23.4 Å². The number of imidazole rings is 1. The fraction of sp³-hybridized carbons (Fsp3) is 0.133. The van der Waals surface area contributed by atoms with Crippen molar-refractivity contribution in [1.29, 1.82) is 0 Å². The molecule has 5 aromatic rings. The first kappa shape index (κ1) is 25.8. The largest absolute Gasteiger partial charge is 0.506 e. The van der Waals surface area contributed by atoms with Crippen molar-refractivity contribution in [3.63, 3.8) is 0 Å². The second-order valence-corrected chi connectivity index (χ2v) is 9.76. The monoisotopic (exact) mass is 553 g/mol. The highest BCUT2D eigenvalue weighted by atomic mass is 19.1. The maximum absolute atomic E-state index is 13.4. The van der Waals surface area contributed by atoms with Gasteiger partial charge in [0.15, 0.2) is 5.82 Å². The van der Waals surface area contributed by atoms with E-state index < -0.39 is 17.3 Å². The second-order valence-electron chi connectivity index (χ2n) is 9.76. The fourth-order valence-corrected chi connectivity index (χ4v) is 4.39. The predicted octanol–water partition coefficient (Wildman–Crippen LogP) is 5.03. The molecule has 1 fully saturated rings. The molecule has 1 aliphatic carbocycles. The van der Waals surface area contributed by atoms with E-state index in [2.05, 4.69) is 15.6 Å². The SMILES string of the molecule is Cc1ccc(C(=O)Nc2ccc(Oc3ccc4nc(NC(=O)C5CC5)cn4c3)cc2O)c(=O)n1-c1ccc(F)cc1. The van der Waals surface area contributed by atoms with E-state index in [-0.39, 0.29) is 28.8 Å². The van der Waals surface area contributed by atoms with Crippen LogP contribution in [0.5, 0.6) is 17.2 Å². The summed E-state index contributed by atoms with van der Waals surface area (Å²) in [5.41, 5.74) is 0.951. The van der Waals surface area contributed by atoms with Crippen molar-refractivity contribution in [3.05, 3.63) is 107 Å². The third-order valence-electron chi connectivity index (χ3n) is 6.68. The number of nitrogens with zero attached hydrogens (tertiary/aromatic N) is 3. The molecule has 0 spiro atoms. The first-order chi connectivity index (χ1) is 19.7. The van der Waals surface area contributed by atoms with Crippen LogP contribution >= 0.6 is 0 Å². The highest BCUT2D eigenvalue weighted by Gasteiger charge is 2.30. The molecule has 3 heterocycles. The zero-order valence-corrected chi connectivity index (χ0v) is 21.8. The minimum atomic E-state index is -0.718. The number of amides is 2. The number of carbonyl (C=O) groups is 2. The molecule has 0 atom stereocenters. The molecule has 0 unspecified atom stereocenters. The van der Waals surface area contributed by atoms with Crippen LogP contribution in [0.1, 0.15) is 28.9 Å². The molecule has 3 aromatic heterocycles. The van der Waals surface area contributed by atoms with Crippen molar-refractivity contribution in [2.24, 2.45) is 5.92 Å². The van der Waals surface area contributed by atoms with Crippen LogP contribution in [0.2, 0.25) is 0 Å². The number of anilines is 2. The molecule has 2 aromatic carbocycles. The van der Waals surface area contributed by atoms with Crippen LogP contribution in [-0.2, 0) is 4.79 Å². The summed E-state index contributed by atoms with van der Waals surface area (Å²) in [6, 6.07) is 16.2. The van der Waals surface area contributed by atoms with Gasteiger partial charge in [-0.15, -0.1) is 0 Å². The number of aryl methyl sites for hydroxylation is 1. The molecule has 3 N–H and O–H groups in total. The number of pyridine rings is 2. The van der Waals surface area contributed by atoms with Gasteiger partial charge in [-0.3, -0.25) is 19.0 Å². The van der Waals surface area contributed by atoms with E-state index in [1.165, 1.54) is 47.0 Å². The van der Waals surface area contributed by atoms with E-state index in [4.69, 9.17) is 4.74 Å². The molecule has 10 nitrogen and oxygen atoms in total. The Labute approximate surface area is 232 Å². The van der Waals surface area contributed by atoms with Gasteiger partial charge in [-0.25, -0.2) is 9.37 Å². The minimum absolute atomic E-state index is 0.0338. The number of fused-ring (bicyclic) bond motifs is 1. The van der Waals surface area contributed by atoms with Gasteiger partial charge in [-0.2, -0.15) is 0 Å². The number of benzene rings is 2. The van der Waals surface area contributed by atoms with Crippen LogP contribution < -0.4 is 20.9 Å². The van der Waals surface area contributed by atoms with Crippen molar-refractivity contribution in [1.82, 2.24) is 14.0 Å². The van der Waals surface area contributed by atoms with Crippen molar-refractivity contribution < 1.29 is 23.8 Å². The number of hydrogen-bond acceptors (Lipinski definition) is 6. The summed E-state index contributed by atoms with van der Waals surface area (Å²) in [5.74, 6) is -0.190. The number of halogens is 1. The van der Waals surface area contributed by atoms with Crippen LogP contribution in [-0.4, -0.2) is 30.9 Å². The third kappa shape index (κ3) is 5.37. The Bertz CT molecular complexity index is 1880. The number of ether oxygens (including phenoxy) is 1. The Morgan fingerprint density at radius 1 is 0.976 bits per heavy atom. The van der Waals surface area contributed by atoms with Gasteiger partial charge in [0.05, 0.1) is 18.1 Å². The predicted molar refractivity (Wildman–Crippen MR) is 149 cm³/mol. The van der Waals surface area contributed by atoms with E-state index in [9.17, 15) is 23.9 Å². The van der Waals surface area contributed by atoms with Gasteiger partial charge in [0.25, 0.3) is 11.5 Å². The van der Waals surface area contributed by atoms with Crippen LogP contribution in [0.25, 0.3) is 11.3 Å². The van der Waals surface area contributed by atoms with Crippen molar-refractivity contribution in [3.8, 4) is 22.9 Å². The van der Waals surface area contributed by atoms with Crippen LogP contribution in [0.4, 0.5) is 15.9 Å². The van der Waals surface area contributed by atoms with E-state index in [1.807, 2.05) is 0 Å². The third-order valence-corrected chi connectivity index (χ3v) is 6.68. The average molecular weight is 554 g/mol. The zero-order chi connectivity index (χ0) is 28.7. The van der Waals surface area contributed by atoms with E-state index in [0.29, 0.717) is 34.3 Å². The molecule has 1 aliphatic rings. The Balaban J connectivity index is 1.17. The number of aromatic hydroxyl groups is 1. The van der Waals surface area contributed by atoms with Crippen LogP contribution in [0.3, 0.4) is 0 Å². The Kier molecular flexibility index (Phi) is 6.46. The normalized spacial score (nSPS) is 12.7. The lowest BCUT2D eigenvalue weighted by atomic mass is 10.2. The summed E-state index contributed by atoms with van der Waals surface area (Å²) in [6.07, 6.45) is 5.17. The lowest BCUT2D eigenvalue weighted by Crippen LogP contribution is -2.29. The molecule has 0 bridgehead atoms. The van der Waals surface area contributed by atoms with Gasteiger partial charge < -0.3 is 24.9 Å². The Hall–Kier alpha value is -5.45. The van der Waals surface area contributed by atoms with Crippen molar-refractivity contribution >= 4 is 29.0 Å². The Morgan fingerprint density at radius 3 is 2.46 bits per heavy atom. The Morgan fingerprint density at radius 2 is 1.73 bits per heavy atom. The van der Waals surface area contributed by atoms with Crippen LogP contribution in [0.15, 0.2) is 83.9 Å². The summed E-state index contributed by atoms with van der Waals surface area (Å²) in [5, 5.41) is 15.9. The number of phenolic OH excluding ortho intramolecular Hbond substituents is 1. The average Bonchev–Trinajstić information content (AvgIpc) is 3.72. The smallest absolute Gasteiger partial charge is 0.268 e. The van der Waals surface area contributed by atoms with Crippen molar-refractivity contribution in [2.45, 2.75) is 19.8 Å². The van der Waals surface area contributed by atoms with Gasteiger partial charge in [-0.05, 0) is 80.4 Å². The summed E-state index contributed by atoms with van der Waals surface area (Å²) in [7, 11) is 0. The van der Waals surface area contributed by atoms with E-state index in [1.54, 1.807) is 48.0 Å². The fourth-order valence-electron chi connectivity index (χ4n) is 4.39. The lowest BCUT2D eigenvalue weighted by Gasteiger charge is -2.13. The second kappa shape index (κ2) is 10.3. The van der Waals surface area contributed by atoms with Gasteiger partial charge in [0.1, 0.15) is 34.3 Å². The zero-order valence-electron chi connectivity index (χ0n) is 21.8. The quantitative estimate of drug-likeness (QED) is 0.243. The highest BCUT2D eigenvalue weighted by molar-refractivity contribution is 6.04. The summed E-state index contributed by atoms with van der Waals surface area (Å²) < 4.78 is 22.3. The number of aromatic nitrogens is 3. The molecule has 2 amide bonds. The summed E-state index contributed by atoms with van der Waals surface area (Å²) >= 11 is 0. The molecule has 0 aliphatic heterocycles. The molecule has 0 radical (unpaired) electrons. The maximum Gasteiger partial charge on any atom is 0.268 e. The van der Waals surface area contributed by atoms with Gasteiger partial charge in [0.2, 0.25) is 5.91 Å². The molecular formula is C30H24FN5O5. The van der Waals surface area contributed by atoms with E-state index >= 15 is 0 Å². The number of rotatable bonds is 7. The molecule has 6 rings (SSSR count). The van der Waals surface area contributed by atoms with Crippen molar-refractivity contribution in [2.75, 3.05) is 10.6 Å². The molecular weight excluding hydrogens is 529 g/mol. The molecule has 41 heavy (non-hydrogen) atoms. The molecule has 206 valence electrons. The standard InChI is InChI=1S/C30H24FN5O5/c1-17-2-11-23(30(40)36(17)20-7-5-19(31)6-8-20)29(39)32-24-12-9-21(14-25(24)37)41-22-10-13-27-33-26(16-35(27)15-22)34-28(38)18-3-4-18/h2,5-16,18,37H,3-4H2,1H3,(H,32,39)(H,34,38). The summed E-state index contributed by atoms with van der Waals surface area (Å²) in [4.78, 5) is 42.5. The number of phenols is 1. The number of nitrogens with one attached hydrogen (secondary N) is 2. The minimum Gasteiger partial charge on any atom is -0.506 e. The number of hydrogen-bond donors (Lipinski definition) is 3. The maximum atomic E-state index is 13.4. The number of carbonyl (C=O) groups excluding carboxylic acids is 2. The highest BCUT2D eigenvalue weighted by Crippen LogP contribution is 2.32. The first-order valence-corrected chi connectivity index (χ1v) is 12.9. The molecule has 11 heteroatoms. The van der Waals surface area contributed by atoms with Gasteiger partial charge in [-0.1, -0.05) is 0 Å². The molecule has 1 saturated carbocycles. The van der Waals surface area contributed by atoms with E-state index in [0.717, 1.165) is 12.8 Å². The molecule has 0 saturated heterocycles. The summed E-state index contributed by atoms with van der Waals surface area (Å²) in [6.45, 7) is 1.70. The topological polar surface area (TPSA) is 127 Å². The first-order valence-electron chi connectivity index (χ1n) is 12.9.